The molecule has 0 N–H and O–H groups in total. The van der Waals surface area contributed by atoms with Gasteiger partial charge in [-0.15, -0.1) is 22.7 Å². The zero-order chi connectivity index (χ0) is 10.8. The van der Waals surface area contributed by atoms with Crippen LogP contribution in [-0.2, 0) is 0 Å². The second kappa shape index (κ2) is 4.08. The highest BCUT2D eigenvalue weighted by atomic mass is 32.1. The standard InChI is InChI=1S/C11H8O2S2/c1-7(12)10-5-8(6-15-10)11(13)9-3-2-4-14-9/h2-6H,1H3. The molecule has 2 rings (SSSR count). The van der Waals surface area contributed by atoms with Crippen molar-refractivity contribution in [2.45, 2.75) is 6.92 Å². The van der Waals surface area contributed by atoms with Gasteiger partial charge in [-0.1, -0.05) is 6.07 Å². The summed E-state index contributed by atoms with van der Waals surface area (Å²) < 4.78 is 0. The summed E-state index contributed by atoms with van der Waals surface area (Å²) in [5.41, 5.74) is 0.604. The summed E-state index contributed by atoms with van der Waals surface area (Å²) in [4.78, 5) is 24.3. The van der Waals surface area contributed by atoms with Crippen molar-refractivity contribution in [3.05, 3.63) is 44.3 Å². The average molecular weight is 236 g/mol. The van der Waals surface area contributed by atoms with E-state index in [0.29, 0.717) is 15.3 Å². The van der Waals surface area contributed by atoms with Crippen molar-refractivity contribution >= 4 is 34.2 Å². The molecule has 0 aromatic carbocycles. The average Bonchev–Trinajstić information content (AvgIpc) is 2.88. The molecule has 2 heterocycles. The molecule has 0 spiro atoms. The highest BCUT2D eigenvalue weighted by Crippen LogP contribution is 2.20. The Morgan fingerprint density at radius 3 is 2.53 bits per heavy atom. The largest absolute Gasteiger partial charge is 0.294 e. The first kappa shape index (κ1) is 10.3. The number of hydrogen-bond acceptors (Lipinski definition) is 4. The SMILES string of the molecule is CC(=O)c1cc(C(=O)c2cccs2)cs1. The number of rotatable bonds is 3. The van der Waals surface area contributed by atoms with Gasteiger partial charge in [-0.25, -0.2) is 0 Å². The maximum absolute atomic E-state index is 11.8. The van der Waals surface area contributed by atoms with Gasteiger partial charge in [0.05, 0.1) is 9.75 Å². The summed E-state index contributed by atoms with van der Waals surface area (Å²) in [5, 5.41) is 3.60. The highest BCUT2D eigenvalue weighted by Gasteiger charge is 2.13. The molecule has 0 amide bonds. The van der Waals surface area contributed by atoms with Gasteiger partial charge in [0, 0.05) is 10.9 Å². The van der Waals surface area contributed by atoms with Gasteiger partial charge >= 0.3 is 0 Å². The molecule has 0 aliphatic heterocycles. The Labute approximate surface area is 95.2 Å². The number of carbonyl (C=O) groups excluding carboxylic acids is 2. The molecule has 0 fully saturated rings. The molecule has 0 aliphatic carbocycles. The Balaban J connectivity index is 2.31. The minimum atomic E-state index is -0.00579. The van der Waals surface area contributed by atoms with Gasteiger partial charge in [0.1, 0.15) is 0 Å². The van der Waals surface area contributed by atoms with Crippen LogP contribution in [0.25, 0.3) is 0 Å². The quantitative estimate of drug-likeness (QED) is 0.767. The van der Waals surface area contributed by atoms with Crippen LogP contribution < -0.4 is 0 Å². The molecule has 0 aliphatic rings. The van der Waals surface area contributed by atoms with Crippen molar-refractivity contribution in [3.8, 4) is 0 Å². The molecule has 2 aromatic heterocycles. The Bertz CT molecular complexity index is 494. The van der Waals surface area contributed by atoms with E-state index in [4.69, 9.17) is 0 Å². The van der Waals surface area contributed by atoms with Crippen LogP contribution >= 0.6 is 22.7 Å². The molecule has 76 valence electrons. The lowest BCUT2D eigenvalue weighted by atomic mass is 10.2. The van der Waals surface area contributed by atoms with Crippen LogP contribution in [0.2, 0.25) is 0 Å². The highest BCUT2D eigenvalue weighted by molar-refractivity contribution is 7.13. The second-order valence-corrected chi connectivity index (χ2v) is 4.92. The maximum atomic E-state index is 11.8. The molecule has 0 radical (unpaired) electrons. The molecule has 0 saturated heterocycles. The maximum Gasteiger partial charge on any atom is 0.203 e. The molecular weight excluding hydrogens is 228 g/mol. The van der Waals surface area contributed by atoms with Crippen LogP contribution in [0.1, 0.15) is 31.8 Å². The van der Waals surface area contributed by atoms with Crippen molar-refractivity contribution in [2.24, 2.45) is 0 Å². The number of carbonyl (C=O) groups is 2. The molecule has 2 aromatic rings. The summed E-state index contributed by atoms with van der Waals surface area (Å²) in [6.45, 7) is 1.51. The predicted octanol–water partition coefficient (Wildman–Crippen LogP) is 3.24. The monoisotopic (exact) mass is 236 g/mol. The third-order valence-electron chi connectivity index (χ3n) is 1.95. The van der Waals surface area contributed by atoms with Gasteiger partial charge < -0.3 is 0 Å². The molecule has 4 heteroatoms. The molecule has 0 atom stereocenters. The van der Waals surface area contributed by atoms with Crippen LogP contribution in [0.3, 0.4) is 0 Å². The molecule has 0 unspecified atom stereocenters. The summed E-state index contributed by atoms with van der Waals surface area (Å²) in [5.74, 6) is -0.000945. The number of thiophene rings is 2. The first-order chi connectivity index (χ1) is 7.18. The number of Topliss-reactive ketones (excluding diaryl/α,β-unsaturated/α-hetero) is 1. The first-order valence-corrected chi connectivity index (χ1v) is 6.12. The van der Waals surface area contributed by atoms with Gasteiger partial charge in [0.25, 0.3) is 0 Å². The summed E-state index contributed by atoms with van der Waals surface area (Å²) in [6, 6.07) is 5.29. The molecular formula is C11H8O2S2. The number of ketones is 2. The molecule has 0 saturated carbocycles. The molecule has 2 nitrogen and oxygen atoms in total. The third-order valence-corrected chi connectivity index (χ3v) is 3.85. The van der Waals surface area contributed by atoms with Gasteiger partial charge in [0.15, 0.2) is 5.78 Å². The van der Waals surface area contributed by atoms with Crippen LogP contribution in [0.4, 0.5) is 0 Å². The fraction of sp³-hybridized carbons (Fsp3) is 0.0909. The Morgan fingerprint density at radius 1 is 1.20 bits per heavy atom. The fourth-order valence-corrected chi connectivity index (χ4v) is 2.67. The van der Waals surface area contributed by atoms with E-state index in [2.05, 4.69) is 0 Å². The van der Waals surface area contributed by atoms with E-state index in [1.54, 1.807) is 17.5 Å². The van der Waals surface area contributed by atoms with E-state index in [1.807, 2.05) is 11.4 Å². The zero-order valence-corrected chi connectivity index (χ0v) is 9.65. The van der Waals surface area contributed by atoms with Crippen molar-refractivity contribution < 1.29 is 9.59 Å². The Morgan fingerprint density at radius 2 is 2.00 bits per heavy atom. The van der Waals surface area contributed by atoms with Crippen LogP contribution in [0.5, 0.6) is 0 Å². The van der Waals surface area contributed by atoms with Gasteiger partial charge in [0.2, 0.25) is 5.78 Å². The third kappa shape index (κ3) is 2.06. The van der Waals surface area contributed by atoms with Crippen LogP contribution in [0.15, 0.2) is 29.0 Å². The van der Waals surface area contributed by atoms with Crippen molar-refractivity contribution in [1.29, 1.82) is 0 Å². The summed E-state index contributed by atoms with van der Waals surface area (Å²) in [6.07, 6.45) is 0. The van der Waals surface area contributed by atoms with E-state index in [1.165, 1.54) is 29.6 Å². The van der Waals surface area contributed by atoms with E-state index in [0.717, 1.165) is 0 Å². The Hall–Kier alpha value is -1.26. The second-order valence-electron chi connectivity index (χ2n) is 3.06. The topological polar surface area (TPSA) is 34.1 Å². The van der Waals surface area contributed by atoms with Crippen LogP contribution in [-0.4, -0.2) is 11.6 Å². The van der Waals surface area contributed by atoms with Crippen molar-refractivity contribution in [3.63, 3.8) is 0 Å². The fourth-order valence-electron chi connectivity index (χ4n) is 1.19. The van der Waals surface area contributed by atoms with E-state index < -0.39 is 0 Å². The first-order valence-electron chi connectivity index (χ1n) is 4.36. The summed E-state index contributed by atoms with van der Waals surface area (Å²) in [7, 11) is 0. The lowest BCUT2D eigenvalue weighted by Gasteiger charge is -1.91. The lowest BCUT2D eigenvalue weighted by molar-refractivity contribution is 0.102. The van der Waals surface area contributed by atoms with E-state index in [-0.39, 0.29) is 11.6 Å². The summed E-state index contributed by atoms with van der Waals surface area (Å²) >= 11 is 2.73. The van der Waals surface area contributed by atoms with Gasteiger partial charge in [-0.2, -0.15) is 0 Å². The molecule has 0 bridgehead atoms. The lowest BCUT2D eigenvalue weighted by Crippen LogP contribution is -1.96. The normalized spacial score (nSPS) is 10.2. The van der Waals surface area contributed by atoms with E-state index in [9.17, 15) is 9.59 Å². The Kier molecular flexibility index (Phi) is 2.79. The van der Waals surface area contributed by atoms with E-state index >= 15 is 0 Å². The minimum absolute atomic E-state index is 0.00484. The minimum Gasteiger partial charge on any atom is -0.294 e. The molecule has 15 heavy (non-hydrogen) atoms. The van der Waals surface area contributed by atoms with Gasteiger partial charge in [-0.05, 0) is 24.4 Å². The van der Waals surface area contributed by atoms with Crippen molar-refractivity contribution in [1.82, 2.24) is 0 Å². The predicted molar refractivity (Wildman–Crippen MR) is 62.1 cm³/mol. The van der Waals surface area contributed by atoms with Crippen LogP contribution in [0, 0.1) is 0 Å². The zero-order valence-electron chi connectivity index (χ0n) is 8.02. The number of hydrogen-bond donors (Lipinski definition) is 0. The van der Waals surface area contributed by atoms with Gasteiger partial charge in [-0.3, -0.25) is 9.59 Å². The van der Waals surface area contributed by atoms with Crippen molar-refractivity contribution in [2.75, 3.05) is 0 Å². The smallest absolute Gasteiger partial charge is 0.203 e.